The van der Waals surface area contributed by atoms with Crippen molar-refractivity contribution in [3.63, 3.8) is 0 Å². The molecule has 6 nitrogen and oxygen atoms in total. The smallest absolute Gasteiger partial charge is 0.292 e. The van der Waals surface area contributed by atoms with E-state index in [1.54, 1.807) is 18.2 Å². The molecular weight excluding hydrogens is 306 g/mol. The predicted molar refractivity (Wildman–Crippen MR) is 91.9 cm³/mol. The third-order valence-corrected chi connectivity index (χ3v) is 4.34. The molecule has 1 aliphatic carbocycles. The maximum atomic E-state index is 12.5. The third kappa shape index (κ3) is 3.22. The monoisotopic (exact) mass is 325 g/mol. The summed E-state index contributed by atoms with van der Waals surface area (Å²) >= 11 is 0. The van der Waals surface area contributed by atoms with Crippen LogP contribution in [0, 0.1) is 10.1 Å². The van der Waals surface area contributed by atoms with Gasteiger partial charge in [-0.3, -0.25) is 14.9 Å². The van der Waals surface area contributed by atoms with Crippen LogP contribution >= 0.6 is 0 Å². The molecule has 2 aromatic rings. The molecule has 0 aromatic heterocycles. The highest BCUT2D eigenvalue weighted by Crippen LogP contribution is 2.48. The van der Waals surface area contributed by atoms with Gasteiger partial charge < -0.3 is 10.6 Å². The van der Waals surface area contributed by atoms with Crippen molar-refractivity contribution in [1.82, 2.24) is 5.32 Å². The first-order valence-electron chi connectivity index (χ1n) is 7.95. The molecular formula is C18H19N3O3. The van der Waals surface area contributed by atoms with E-state index < -0.39 is 4.92 Å². The number of nitrogens with one attached hydrogen (secondary N) is 2. The second-order valence-electron chi connectivity index (χ2n) is 5.91. The number of anilines is 1. The lowest BCUT2D eigenvalue weighted by atomic mass is 9.95. The number of hydrogen-bond acceptors (Lipinski definition) is 4. The largest absolute Gasteiger partial charge is 0.378 e. The number of nitro groups is 1. The summed E-state index contributed by atoms with van der Waals surface area (Å²) in [7, 11) is 0. The summed E-state index contributed by atoms with van der Waals surface area (Å²) in [4.78, 5) is 23.0. The Labute approximate surface area is 140 Å². The third-order valence-electron chi connectivity index (χ3n) is 4.34. The number of hydrogen-bond donors (Lipinski definition) is 2. The van der Waals surface area contributed by atoms with Crippen LogP contribution in [0.25, 0.3) is 0 Å². The van der Waals surface area contributed by atoms with Crippen LogP contribution in [-0.4, -0.2) is 23.9 Å². The van der Waals surface area contributed by atoms with Crippen LogP contribution in [0.5, 0.6) is 0 Å². The number of nitro benzene ring substituents is 1. The van der Waals surface area contributed by atoms with Gasteiger partial charge in [0.25, 0.3) is 5.69 Å². The van der Waals surface area contributed by atoms with E-state index in [0.29, 0.717) is 18.8 Å². The molecule has 1 fully saturated rings. The SMILES string of the molecule is O=C(NCCNc1ccccc1[N+](=O)[O-])C1(c2ccccc2)CC1. The fourth-order valence-corrected chi connectivity index (χ4v) is 2.85. The number of carbonyl (C=O) groups excluding carboxylic acids is 1. The minimum absolute atomic E-state index is 0.0260. The Bertz CT molecular complexity index is 742. The molecule has 24 heavy (non-hydrogen) atoms. The van der Waals surface area contributed by atoms with Crippen molar-refractivity contribution in [2.24, 2.45) is 0 Å². The van der Waals surface area contributed by atoms with Gasteiger partial charge >= 0.3 is 0 Å². The van der Waals surface area contributed by atoms with Crippen LogP contribution in [-0.2, 0) is 10.2 Å². The number of benzene rings is 2. The molecule has 0 aliphatic heterocycles. The Morgan fingerprint density at radius 1 is 1.04 bits per heavy atom. The molecule has 0 unspecified atom stereocenters. The molecule has 0 bridgehead atoms. The molecule has 0 spiro atoms. The van der Waals surface area contributed by atoms with E-state index >= 15 is 0 Å². The van der Waals surface area contributed by atoms with Crippen molar-refractivity contribution >= 4 is 17.3 Å². The lowest BCUT2D eigenvalue weighted by molar-refractivity contribution is -0.384. The topological polar surface area (TPSA) is 84.3 Å². The van der Waals surface area contributed by atoms with Crippen molar-refractivity contribution in [2.75, 3.05) is 18.4 Å². The van der Waals surface area contributed by atoms with Crippen LogP contribution < -0.4 is 10.6 Å². The summed E-state index contributed by atoms with van der Waals surface area (Å²) in [5.41, 5.74) is 1.15. The molecule has 0 radical (unpaired) electrons. The van der Waals surface area contributed by atoms with Crippen molar-refractivity contribution in [2.45, 2.75) is 18.3 Å². The molecule has 2 N–H and O–H groups in total. The van der Waals surface area contributed by atoms with Gasteiger partial charge in [0, 0.05) is 19.2 Å². The zero-order chi connectivity index (χ0) is 17.0. The van der Waals surface area contributed by atoms with Crippen LogP contribution in [0.4, 0.5) is 11.4 Å². The quantitative estimate of drug-likeness (QED) is 0.466. The Kier molecular flexibility index (Phi) is 4.46. The highest BCUT2D eigenvalue weighted by atomic mass is 16.6. The highest BCUT2D eigenvalue weighted by Gasteiger charge is 2.50. The van der Waals surface area contributed by atoms with Gasteiger partial charge in [0.15, 0.2) is 0 Å². The lowest BCUT2D eigenvalue weighted by Gasteiger charge is -2.16. The molecule has 1 saturated carbocycles. The van der Waals surface area contributed by atoms with Crippen LogP contribution in [0.3, 0.4) is 0 Å². The summed E-state index contributed by atoms with van der Waals surface area (Å²) in [5.74, 6) is 0.0260. The second-order valence-corrected chi connectivity index (χ2v) is 5.91. The van der Waals surface area contributed by atoms with Gasteiger partial charge in [0.1, 0.15) is 5.69 Å². The summed E-state index contributed by atoms with van der Waals surface area (Å²) in [5, 5.41) is 16.9. The Morgan fingerprint density at radius 2 is 1.71 bits per heavy atom. The molecule has 2 aromatic carbocycles. The normalized spacial score (nSPS) is 14.7. The summed E-state index contributed by atoms with van der Waals surface area (Å²) < 4.78 is 0. The zero-order valence-electron chi connectivity index (χ0n) is 13.2. The number of carbonyl (C=O) groups is 1. The Balaban J connectivity index is 1.53. The summed E-state index contributed by atoms with van der Waals surface area (Å²) in [6.07, 6.45) is 1.72. The molecule has 0 heterocycles. The number of rotatable bonds is 7. The van der Waals surface area contributed by atoms with E-state index in [0.717, 1.165) is 18.4 Å². The zero-order valence-corrected chi connectivity index (χ0v) is 13.2. The molecule has 1 amide bonds. The second kappa shape index (κ2) is 6.70. The minimum Gasteiger partial charge on any atom is -0.378 e. The van der Waals surface area contributed by atoms with E-state index in [1.165, 1.54) is 6.07 Å². The van der Waals surface area contributed by atoms with Crippen molar-refractivity contribution < 1.29 is 9.72 Å². The Hall–Kier alpha value is -2.89. The fraction of sp³-hybridized carbons (Fsp3) is 0.278. The molecule has 0 atom stereocenters. The average Bonchev–Trinajstić information content (AvgIpc) is 3.41. The standard InChI is InChI=1S/C18H19N3O3/c22-17(18(10-11-18)14-6-2-1-3-7-14)20-13-12-19-15-8-4-5-9-16(15)21(23)24/h1-9,19H,10-13H2,(H,20,22). The molecule has 0 saturated heterocycles. The van der Waals surface area contributed by atoms with E-state index in [9.17, 15) is 14.9 Å². The molecule has 124 valence electrons. The number of nitrogens with zero attached hydrogens (tertiary/aromatic N) is 1. The average molecular weight is 325 g/mol. The van der Waals surface area contributed by atoms with Crippen molar-refractivity contribution in [3.05, 3.63) is 70.3 Å². The Morgan fingerprint density at radius 3 is 2.38 bits per heavy atom. The van der Waals surface area contributed by atoms with Gasteiger partial charge in [0.2, 0.25) is 5.91 Å². The van der Waals surface area contributed by atoms with E-state index in [4.69, 9.17) is 0 Å². The van der Waals surface area contributed by atoms with E-state index in [1.807, 2.05) is 30.3 Å². The van der Waals surface area contributed by atoms with Crippen LogP contribution in [0.1, 0.15) is 18.4 Å². The summed E-state index contributed by atoms with van der Waals surface area (Å²) in [6, 6.07) is 16.3. The minimum atomic E-state index is -0.421. The first-order chi connectivity index (χ1) is 11.6. The van der Waals surface area contributed by atoms with Gasteiger partial charge in [-0.1, -0.05) is 42.5 Å². The maximum Gasteiger partial charge on any atom is 0.292 e. The van der Waals surface area contributed by atoms with Crippen molar-refractivity contribution in [3.8, 4) is 0 Å². The first-order valence-corrected chi connectivity index (χ1v) is 7.95. The maximum absolute atomic E-state index is 12.5. The number of para-hydroxylation sites is 2. The van der Waals surface area contributed by atoms with E-state index in [2.05, 4.69) is 10.6 Å². The van der Waals surface area contributed by atoms with Gasteiger partial charge in [-0.15, -0.1) is 0 Å². The lowest BCUT2D eigenvalue weighted by Crippen LogP contribution is -2.37. The van der Waals surface area contributed by atoms with Crippen LogP contribution in [0.2, 0.25) is 0 Å². The van der Waals surface area contributed by atoms with E-state index in [-0.39, 0.29) is 17.0 Å². The predicted octanol–water partition coefficient (Wildman–Crippen LogP) is 2.85. The summed E-state index contributed by atoms with van der Waals surface area (Å²) in [6.45, 7) is 0.848. The van der Waals surface area contributed by atoms with Crippen LogP contribution in [0.15, 0.2) is 54.6 Å². The fourth-order valence-electron chi connectivity index (χ4n) is 2.85. The van der Waals surface area contributed by atoms with Gasteiger partial charge in [0.05, 0.1) is 10.3 Å². The molecule has 1 aliphatic rings. The first kappa shape index (κ1) is 16.0. The number of amides is 1. The van der Waals surface area contributed by atoms with Gasteiger partial charge in [-0.05, 0) is 24.5 Å². The molecule has 6 heteroatoms. The van der Waals surface area contributed by atoms with Gasteiger partial charge in [-0.25, -0.2) is 0 Å². The van der Waals surface area contributed by atoms with Crippen molar-refractivity contribution in [1.29, 1.82) is 0 Å². The highest BCUT2D eigenvalue weighted by molar-refractivity contribution is 5.91. The van der Waals surface area contributed by atoms with Gasteiger partial charge in [-0.2, -0.15) is 0 Å². The molecule has 3 rings (SSSR count).